The van der Waals surface area contributed by atoms with Crippen molar-refractivity contribution in [2.24, 2.45) is 5.41 Å². The van der Waals surface area contributed by atoms with Crippen molar-refractivity contribution in [3.8, 4) is 5.75 Å². The van der Waals surface area contributed by atoms with Crippen molar-refractivity contribution in [3.05, 3.63) is 70.8 Å². The van der Waals surface area contributed by atoms with Crippen molar-refractivity contribution in [3.63, 3.8) is 0 Å². The highest BCUT2D eigenvalue weighted by atomic mass is 16.5. The summed E-state index contributed by atoms with van der Waals surface area (Å²) >= 11 is 0. The Kier molecular flexibility index (Phi) is 3.85. The monoisotopic (exact) mass is 360 g/mol. The average Bonchev–Trinajstić information content (AvgIpc) is 3.07. The summed E-state index contributed by atoms with van der Waals surface area (Å²) in [4.78, 5) is 13.3. The van der Waals surface area contributed by atoms with Gasteiger partial charge >= 0.3 is 5.97 Å². The molecule has 1 atom stereocenters. The summed E-state index contributed by atoms with van der Waals surface area (Å²) < 4.78 is 11.4. The second-order valence-corrected chi connectivity index (χ2v) is 8.00. The fraction of sp³-hybridized carbons (Fsp3) is 0.375. The van der Waals surface area contributed by atoms with Crippen molar-refractivity contribution in [1.29, 1.82) is 0 Å². The van der Waals surface area contributed by atoms with Crippen molar-refractivity contribution in [2.45, 2.75) is 44.4 Å². The van der Waals surface area contributed by atoms with Crippen LogP contribution < -0.4 is 4.74 Å². The third-order valence-corrected chi connectivity index (χ3v) is 6.63. The lowest BCUT2D eigenvalue weighted by Gasteiger charge is -2.45. The number of benzene rings is 2. The Morgan fingerprint density at radius 2 is 1.74 bits per heavy atom. The number of esters is 1. The van der Waals surface area contributed by atoms with Gasteiger partial charge in [0.1, 0.15) is 11.5 Å². The molecule has 1 unspecified atom stereocenters. The molecule has 138 valence electrons. The van der Waals surface area contributed by atoms with E-state index in [1.165, 1.54) is 23.1 Å². The molecular formula is C24H24O3. The van der Waals surface area contributed by atoms with Crippen LogP contribution in [0.4, 0.5) is 0 Å². The zero-order valence-corrected chi connectivity index (χ0v) is 15.7. The minimum atomic E-state index is -0.423. The summed E-state index contributed by atoms with van der Waals surface area (Å²) in [6.07, 6.45) is 6.09. The van der Waals surface area contributed by atoms with Gasteiger partial charge in [-0.2, -0.15) is 0 Å². The highest BCUT2D eigenvalue weighted by Gasteiger charge is 2.54. The van der Waals surface area contributed by atoms with Crippen LogP contribution in [0.5, 0.6) is 5.75 Å². The second-order valence-electron chi connectivity index (χ2n) is 8.00. The van der Waals surface area contributed by atoms with Crippen LogP contribution in [0.25, 0.3) is 5.76 Å². The summed E-state index contributed by atoms with van der Waals surface area (Å²) in [5, 5.41) is 0. The molecule has 2 aromatic carbocycles. The molecule has 0 amide bonds. The van der Waals surface area contributed by atoms with Crippen LogP contribution in [-0.2, 0) is 16.0 Å². The molecule has 0 radical (unpaired) electrons. The lowest BCUT2D eigenvalue weighted by Crippen LogP contribution is -2.44. The first-order valence-corrected chi connectivity index (χ1v) is 9.90. The Morgan fingerprint density at radius 1 is 1.00 bits per heavy atom. The van der Waals surface area contributed by atoms with Crippen LogP contribution in [0, 0.1) is 5.41 Å². The number of hydrogen-bond donors (Lipinski definition) is 0. The summed E-state index contributed by atoms with van der Waals surface area (Å²) in [5.74, 6) is 1.72. The molecule has 1 spiro atoms. The molecule has 1 fully saturated rings. The molecule has 1 saturated carbocycles. The first kappa shape index (κ1) is 16.6. The van der Waals surface area contributed by atoms with Gasteiger partial charge in [0.15, 0.2) is 0 Å². The fourth-order valence-corrected chi connectivity index (χ4v) is 5.35. The minimum Gasteiger partial charge on any atom is -0.497 e. The van der Waals surface area contributed by atoms with Gasteiger partial charge in [0, 0.05) is 11.5 Å². The van der Waals surface area contributed by atoms with Gasteiger partial charge in [0.25, 0.3) is 0 Å². The van der Waals surface area contributed by atoms with Gasteiger partial charge in [-0.25, -0.2) is 0 Å². The van der Waals surface area contributed by atoms with Gasteiger partial charge < -0.3 is 9.47 Å². The predicted molar refractivity (Wildman–Crippen MR) is 104 cm³/mol. The zero-order valence-electron chi connectivity index (χ0n) is 15.7. The van der Waals surface area contributed by atoms with Crippen LogP contribution in [0.2, 0.25) is 0 Å². The molecule has 0 N–H and O–H groups in total. The molecule has 0 saturated heterocycles. The smallest absolute Gasteiger partial charge is 0.318 e. The molecule has 3 nitrogen and oxygen atoms in total. The summed E-state index contributed by atoms with van der Waals surface area (Å²) in [7, 11) is 1.68. The van der Waals surface area contributed by atoms with Gasteiger partial charge in [-0.05, 0) is 48.1 Å². The standard InChI is InChI=1S/C24H24O3/c1-26-18-11-9-16(10-12-18)21-20-15-17-7-3-4-8-19(17)22(20)27-23(25)24(21)13-5-2-6-14-24/h3-4,7-12,21H,2,5-6,13-15H2,1H3. The van der Waals surface area contributed by atoms with E-state index < -0.39 is 5.41 Å². The highest BCUT2D eigenvalue weighted by Crippen LogP contribution is 2.58. The fourth-order valence-electron chi connectivity index (χ4n) is 5.35. The van der Waals surface area contributed by atoms with Gasteiger partial charge in [0.2, 0.25) is 0 Å². The molecule has 1 aliphatic heterocycles. The Bertz CT molecular complexity index is 917. The summed E-state index contributed by atoms with van der Waals surface area (Å²) in [6.45, 7) is 0. The minimum absolute atomic E-state index is 0.0292. The van der Waals surface area contributed by atoms with Gasteiger partial charge in [0.05, 0.1) is 12.5 Å². The van der Waals surface area contributed by atoms with E-state index >= 15 is 0 Å². The lowest BCUT2D eigenvalue weighted by molar-refractivity contribution is -0.153. The highest BCUT2D eigenvalue weighted by molar-refractivity contribution is 5.91. The lowest BCUT2D eigenvalue weighted by atomic mass is 9.60. The van der Waals surface area contributed by atoms with E-state index in [9.17, 15) is 4.79 Å². The number of ether oxygens (including phenoxy) is 2. The van der Waals surface area contributed by atoms with Crippen molar-refractivity contribution >= 4 is 11.7 Å². The Balaban J connectivity index is 1.68. The van der Waals surface area contributed by atoms with Gasteiger partial charge in [-0.3, -0.25) is 4.79 Å². The normalized spacial score (nSPS) is 23.0. The summed E-state index contributed by atoms with van der Waals surface area (Å²) in [6, 6.07) is 16.6. The molecule has 2 aliphatic carbocycles. The topological polar surface area (TPSA) is 35.5 Å². The van der Waals surface area contributed by atoms with E-state index in [0.29, 0.717) is 0 Å². The van der Waals surface area contributed by atoms with E-state index in [0.717, 1.165) is 49.2 Å². The number of allylic oxidation sites excluding steroid dienone is 1. The van der Waals surface area contributed by atoms with Crippen LogP contribution in [0.15, 0.2) is 54.1 Å². The number of carbonyl (C=O) groups is 1. The molecule has 27 heavy (non-hydrogen) atoms. The van der Waals surface area contributed by atoms with Crippen LogP contribution in [0.3, 0.4) is 0 Å². The van der Waals surface area contributed by atoms with E-state index in [1.54, 1.807) is 7.11 Å². The Hall–Kier alpha value is -2.55. The number of rotatable bonds is 2. The zero-order chi connectivity index (χ0) is 18.4. The SMILES string of the molecule is COc1ccc(C2C3=C(OC(=O)C24CCCCC4)c2ccccc2C3)cc1. The maximum absolute atomic E-state index is 13.3. The number of hydrogen-bond acceptors (Lipinski definition) is 3. The average molecular weight is 360 g/mol. The maximum Gasteiger partial charge on any atom is 0.318 e. The molecule has 3 heteroatoms. The van der Waals surface area contributed by atoms with Crippen molar-refractivity contribution < 1.29 is 14.3 Å². The number of carbonyl (C=O) groups excluding carboxylic acids is 1. The van der Waals surface area contributed by atoms with Gasteiger partial charge in [-0.15, -0.1) is 0 Å². The van der Waals surface area contributed by atoms with E-state index in [2.05, 4.69) is 30.3 Å². The third kappa shape index (κ3) is 2.44. The van der Waals surface area contributed by atoms with Crippen LogP contribution in [0.1, 0.15) is 54.7 Å². The first-order valence-electron chi connectivity index (χ1n) is 9.90. The second kappa shape index (κ2) is 6.26. The molecule has 0 bridgehead atoms. The maximum atomic E-state index is 13.3. The van der Waals surface area contributed by atoms with Crippen molar-refractivity contribution in [1.82, 2.24) is 0 Å². The van der Waals surface area contributed by atoms with Crippen LogP contribution in [-0.4, -0.2) is 13.1 Å². The van der Waals surface area contributed by atoms with E-state index in [-0.39, 0.29) is 11.9 Å². The third-order valence-electron chi connectivity index (χ3n) is 6.63. The van der Waals surface area contributed by atoms with E-state index in [1.807, 2.05) is 18.2 Å². The number of fused-ring (bicyclic) bond motifs is 2. The Labute approximate surface area is 160 Å². The predicted octanol–water partition coefficient (Wildman–Crippen LogP) is 5.25. The molecule has 0 aromatic heterocycles. The first-order chi connectivity index (χ1) is 13.2. The molecule has 1 heterocycles. The summed E-state index contributed by atoms with van der Waals surface area (Å²) in [5.41, 5.74) is 4.41. The molecular weight excluding hydrogens is 336 g/mol. The largest absolute Gasteiger partial charge is 0.497 e. The van der Waals surface area contributed by atoms with Crippen molar-refractivity contribution in [2.75, 3.05) is 7.11 Å². The van der Waals surface area contributed by atoms with Crippen LogP contribution >= 0.6 is 0 Å². The Morgan fingerprint density at radius 3 is 2.48 bits per heavy atom. The molecule has 5 rings (SSSR count). The molecule has 3 aliphatic rings. The quantitative estimate of drug-likeness (QED) is 0.686. The molecule has 2 aromatic rings. The van der Waals surface area contributed by atoms with Gasteiger partial charge in [-0.1, -0.05) is 55.7 Å². The van der Waals surface area contributed by atoms with E-state index in [4.69, 9.17) is 9.47 Å². The number of methoxy groups -OCH3 is 1.